The van der Waals surface area contributed by atoms with Gasteiger partial charge in [0.05, 0.1) is 16.9 Å². The standard InChI is InChI=1S/C17H12N2O4/c1-10(20)19-14-8-3-2-7-13(14)15(16(19)21)18-12-6-4-5-11(9-12)17(22)23/h2-9H,1H3,(H,22,23). The van der Waals surface area contributed by atoms with E-state index in [9.17, 15) is 14.4 Å². The molecule has 6 nitrogen and oxygen atoms in total. The van der Waals surface area contributed by atoms with E-state index >= 15 is 0 Å². The Morgan fingerprint density at radius 1 is 1.09 bits per heavy atom. The van der Waals surface area contributed by atoms with E-state index in [1.807, 2.05) is 0 Å². The molecule has 1 aliphatic rings. The Labute approximate surface area is 131 Å². The number of aliphatic imine (C=N–C) groups is 1. The molecule has 114 valence electrons. The summed E-state index contributed by atoms with van der Waals surface area (Å²) in [4.78, 5) is 40.6. The fraction of sp³-hybridized carbons (Fsp3) is 0.0588. The average Bonchev–Trinajstić information content (AvgIpc) is 2.80. The zero-order valence-corrected chi connectivity index (χ0v) is 12.2. The average molecular weight is 308 g/mol. The molecule has 0 spiro atoms. The summed E-state index contributed by atoms with van der Waals surface area (Å²) < 4.78 is 0. The van der Waals surface area contributed by atoms with Gasteiger partial charge in [-0.25, -0.2) is 14.7 Å². The molecule has 1 N–H and O–H groups in total. The van der Waals surface area contributed by atoms with E-state index in [4.69, 9.17) is 5.11 Å². The number of nitrogens with zero attached hydrogens (tertiary/aromatic N) is 2. The highest BCUT2D eigenvalue weighted by Crippen LogP contribution is 2.30. The van der Waals surface area contributed by atoms with E-state index in [-0.39, 0.29) is 11.3 Å². The lowest BCUT2D eigenvalue weighted by Crippen LogP contribution is -2.34. The lowest BCUT2D eigenvalue weighted by Gasteiger charge is -2.11. The van der Waals surface area contributed by atoms with Crippen LogP contribution in [-0.4, -0.2) is 28.6 Å². The van der Waals surface area contributed by atoms with Crippen LogP contribution in [0.1, 0.15) is 22.8 Å². The summed E-state index contributed by atoms with van der Waals surface area (Å²) in [6, 6.07) is 12.8. The van der Waals surface area contributed by atoms with E-state index in [0.717, 1.165) is 4.90 Å². The molecule has 1 aliphatic heterocycles. The predicted molar refractivity (Wildman–Crippen MR) is 84.2 cm³/mol. The minimum absolute atomic E-state index is 0.0778. The minimum Gasteiger partial charge on any atom is -0.478 e. The number of carbonyl (C=O) groups is 3. The number of anilines is 1. The maximum atomic E-state index is 12.5. The molecule has 0 radical (unpaired) electrons. The SMILES string of the molecule is CC(=O)N1C(=O)C(=Nc2cccc(C(=O)O)c2)c2ccccc21. The van der Waals surface area contributed by atoms with Gasteiger partial charge in [0, 0.05) is 12.5 Å². The third kappa shape index (κ3) is 2.50. The number of hydrogen-bond donors (Lipinski definition) is 1. The van der Waals surface area contributed by atoms with Gasteiger partial charge < -0.3 is 5.11 Å². The fourth-order valence-electron chi connectivity index (χ4n) is 2.46. The second-order valence-corrected chi connectivity index (χ2v) is 4.99. The molecule has 0 aliphatic carbocycles. The monoisotopic (exact) mass is 308 g/mol. The van der Waals surface area contributed by atoms with Crippen LogP contribution >= 0.6 is 0 Å². The lowest BCUT2D eigenvalue weighted by molar-refractivity contribution is -0.121. The van der Waals surface area contributed by atoms with Gasteiger partial charge in [0.2, 0.25) is 5.91 Å². The molecule has 6 heteroatoms. The highest BCUT2D eigenvalue weighted by molar-refractivity contribution is 6.58. The van der Waals surface area contributed by atoms with Crippen LogP contribution in [0, 0.1) is 0 Å². The lowest BCUT2D eigenvalue weighted by atomic mass is 10.1. The normalized spacial score (nSPS) is 14.9. The first-order chi connectivity index (χ1) is 11.0. The largest absolute Gasteiger partial charge is 0.478 e. The first-order valence-electron chi connectivity index (χ1n) is 6.85. The maximum Gasteiger partial charge on any atom is 0.335 e. The molecule has 0 atom stereocenters. The van der Waals surface area contributed by atoms with Crippen LogP contribution in [0.25, 0.3) is 0 Å². The van der Waals surface area contributed by atoms with E-state index in [0.29, 0.717) is 16.9 Å². The fourth-order valence-corrected chi connectivity index (χ4v) is 2.46. The Bertz CT molecular complexity index is 870. The number of aromatic carboxylic acids is 1. The van der Waals surface area contributed by atoms with Gasteiger partial charge in [-0.2, -0.15) is 0 Å². The molecule has 0 bridgehead atoms. The summed E-state index contributed by atoms with van der Waals surface area (Å²) in [5.74, 6) is -1.98. The molecule has 1 heterocycles. The Morgan fingerprint density at radius 2 is 1.83 bits per heavy atom. The van der Waals surface area contributed by atoms with Crippen molar-refractivity contribution in [1.29, 1.82) is 0 Å². The van der Waals surface area contributed by atoms with Crippen molar-refractivity contribution in [3.63, 3.8) is 0 Å². The molecule has 2 aromatic carbocycles. The molecule has 0 fully saturated rings. The number of benzene rings is 2. The van der Waals surface area contributed by atoms with E-state index < -0.39 is 17.8 Å². The van der Waals surface area contributed by atoms with E-state index in [2.05, 4.69) is 4.99 Å². The Morgan fingerprint density at radius 3 is 2.52 bits per heavy atom. The molecule has 2 aromatic rings. The molecule has 0 aromatic heterocycles. The van der Waals surface area contributed by atoms with Gasteiger partial charge in [-0.1, -0.05) is 24.3 Å². The third-order valence-corrected chi connectivity index (χ3v) is 3.45. The van der Waals surface area contributed by atoms with Crippen molar-refractivity contribution in [3.8, 4) is 0 Å². The van der Waals surface area contributed by atoms with Crippen LogP contribution in [-0.2, 0) is 9.59 Å². The Balaban J connectivity index is 2.13. The van der Waals surface area contributed by atoms with Gasteiger partial charge in [0.15, 0.2) is 0 Å². The molecule has 0 saturated carbocycles. The van der Waals surface area contributed by atoms with Gasteiger partial charge in [0.1, 0.15) is 5.71 Å². The topological polar surface area (TPSA) is 87.0 Å². The zero-order valence-electron chi connectivity index (χ0n) is 12.2. The maximum absolute atomic E-state index is 12.5. The highest BCUT2D eigenvalue weighted by atomic mass is 16.4. The van der Waals surface area contributed by atoms with Crippen molar-refractivity contribution in [1.82, 2.24) is 0 Å². The second kappa shape index (κ2) is 5.49. The van der Waals surface area contributed by atoms with E-state index in [1.54, 1.807) is 36.4 Å². The van der Waals surface area contributed by atoms with Crippen LogP contribution in [0.5, 0.6) is 0 Å². The van der Waals surface area contributed by atoms with Crippen LogP contribution in [0.4, 0.5) is 11.4 Å². The molecular formula is C17H12N2O4. The van der Waals surface area contributed by atoms with Gasteiger partial charge in [-0.05, 0) is 24.3 Å². The highest BCUT2D eigenvalue weighted by Gasteiger charge is 2.36. The van der Waals surface area contributed by atoms with Crippen molar-refractivity contribution in [2.75, 3.05) is 4.90 Å². The molecule has 0 unspecified atom stereocenters. The molecular weight excluding hydrogens is 296 g/mol. The number of carboxylic acid groups (broad SMARTS) is 1. The van der Waals surface area contributed by atoms with Crippen molar-refractivity contribution in [2.24, 2.45) is 4.99 Å². The van der Waals surface area contributed by atoms with Gasteiger partial charge in [-0.15, -0.1) is 0 Å². The number of fused-ring (bicyclic) bond motifs is 1. The summed E-state index contributed by atoms with van der Waals surface area (Å²) in [6.07, 6.45) is 0. The first kappa shape index (κ1) is 14.6. The van der Waals surface area contributed by atoms with Crippen molar-refractivity contribution >= 4 is 34.9 Å². The molecule has 3 rings (SSSR count). The molecule has 23 heavy (non-hydrogen) atoms. The number of rotatable bonds is 2. The number of carbonyl (C=O) groups excluding carboxylic acids is 2. The number of hydrogen-bond acceptors (Lipinski definition) is 4. The van der Waals surface area contributed by atoms with Crippen molar-refractivity contribution < 1.29 is 19.5 Å². The second-order valence-electron chi connectivity index (χ2n) is 4.99. The molecule has 2 amide bonds. The summed E-state index contributed by atoms with van der Waals surface area (Å²) in [5, 5.41) is 9.03. The minimum atomic E-state index is -1.07. The third-order valence-electron chi connectivity index (χ3n) is 3.45. The summed E-state index contributed by atoms with van der Waals surface area (Å²) in [5.41, 5.74) is 1.58. The summed E-state index contributed by atoms with van der Waals surface area (Å²) >= 11 is 0. The summed E-state index contributed by atoms with van der Waals surface area (Å²) in [7, 11) is 0. The number of para-hydroxylation sites is 1. The quantitative estimate of drug-likeness (QED) is 0.923. The van der Waals surface area contributed by atoms with Crippen LogP contribution in [0.3, 0.4) is 0 Å². The predicted octanol–water partition coefficient (Wildman–Crippen LogP) is 2.40. The van der Waals surface area contributed by atoms with E-state index in [1.165, 1.54) is 19.1 Å². The van der Waals surface area contributed by atoms with Crippen LogP contribution in [0.2, 0.25) is 0 Å². The number of imide groups is 1. The van der Waals surface area contributed by atoms with Gasteiger partial charge in [0.25, 0.3) is 5.91 Å². The first-order valence-corrected chi connectivity index (χ1v) is 6.85. The Hall–Kier alpha value is -3.28. The zero-order chi connectivity index (χ0) is 16.6. The van der Waals surface area contributed by atoms with Gasteiger partial charge >= 0.3 is 5.97 Å². The number of carboxylic acids is 1. The smallest absolute Gasteiger partial charge is 0.335 e. The Kier molecular flexibility index (Phi) is 3.50. The van der Waals surface area contributed by atoms with Crippen molar-refractivity contribution in [3.05, 3.63) is 59.7 Å². The van der Waals surface area contributed by atoms with Crippen molar-refractivity contribution in [2.45, 2.75) is 6.92 Å². The number of amides is 2. The van der Waals surface area contributed by atoms with Gasteiger partial charge in [-0.3, -0.25) is 9.59 Å². The van der Waals surface area contributed by atoms with Crippen LogP contribution < -0.4 is 4.90 Å². The summed E-state index contributed by atoms with van der Waals surface area (Å²) in [6.45, 7) is 1.31. The van der Waals surface area contributed by atoms with Crippen LogP contribution in [0.15, 0.2) is 53.5 Å². The molecule has 0 saturated heterocycles.